The lowest BCUT2D eigenvalue weighted by Crippen LogP contribution is -2.07. The van der Waals surface area contributed by atoms with Crippen molar-refractivity contribution in [1.82, 2.24) is 0 Å². The van der Waals surface area contributed by atoms with E-state index >= 15 is 0 Å². The van der Waals surface area contributed by atoms with Crippen LogP contribution in [0.3, 0.4) is 0 Å². The van der Waals surface area contributed by atoms with Crippen molar-refractivity contribution in [1.29, 1.82) is 0 Å². The Balaban J connectivity index is 2.39. The maximum atomic E-state index is 3.89. The molecule has 1 aromatic carbocycles. The molecule has 0 aliphatic rings. The first kappa shape index (κ1) is 8.12. The van der Waals surface area contributed by atoms with E-state index in [9.17, 15) is 0 Å². The van der Waals surface area contributed by atoms with Crippen LogP contribution < -0.4 is 5.32 Å². The molecule has 1 aromatic rings. The summed E-state index contributed by atoms with van der Waals surface area (Å²) >= 11 is 0. The number of benzene rings is 1. The van der Waals surface area contributed by atoms with Crippen LogP contribution in [0.25, 0.3) is 0 Å². The standard InChI is InChI=1S/C10H14N/c1-9(2)8-11-10-6-4-3-5-7-10/h3-7,9,11H,1,8H2,2H3. The van der Waals surface area contributed by atoms with Gasteiger partial charge in [0, 0.05) is 12.2 Å². The SMILES string of the molecule is [CH2]C(C)CNc1ccccc1. The van der Waals surface area contributed by atoms with E-state index in [0.717, 1.165) is 6.54 Å². The van der Waals surface area contributed by atoms with Gasteiger partial charge >= 0.3 is 0 Å². The van der Waals surface area contributed by atoms with Crippen LogP contribution in [0.4, 0.5) is 5.69 Å². The minimum absolute atomic E-state index is 0.454. The van der Waals surface area contributed by atoms with Crippen molar-refractivity contribution in [3.63, 3.8) is 0 Å². The van der Waals surface area contributed by atoms with Crippen molar-refractivity contribution >= 4 is 5.69 Å². The first-order chi connectivity index (χ1) is 5.29. The summed E-state index contributed by atoms with van der Waals surface area (Å²) in [5, 5.41) is 3.28. The fourth-order valence-electron chi connectivity index (χ4n) is 0.848. The van der Waals surface area contributed by atoms with Gasteiger partial charge in [0.25, 0.3) is 0 Å². The molecule has 0 amide bonds. The Morgan fingerprint density at radius 3 is 2.55 bits per heavy atom. The largest absolute Gasteiger partial charge is 0.385 e. The molecule has 1 heteroatoms. The molecule has 1 atom stereocenters. The zero-order valence-corrected chi connectivity index (χ0v) is 6.88. The molecule has 1 rings (SSSR count). The number of nitrogens with one attached hydrogen (secondary N) is 1. The number of rotatable bonds is 3. The summed E-state index contributed by atoms with van der Waals surface area (Å²) in [6.45, 7) is 6.92. The molecule has 1 nitrogen and oxygen atoms in total. The van der Waals surface area contributed by atoms with E-state index in [1.807, 2.05) is 18.2 Å². The fourth-order valence-corrected chi connectivity index (χ4v) is 0.848. The lowest BCUT2D eigenvalue weighted by Gasteiger charge is -2.07. The third-order valence-electron chi connectivity index (χ3n) is 1.43. The average molecular weight is 148 g/mol. The predicted molar refractivity (Wildman–Crippen MR) is 49.5 cm³/mol. The molecule has 1 N–H and O–H groups in total. The Morgan fingerprint density at radius 1 is 1.36 bits per heavy atom. The molecule has 0 saturated carbocycles. The number of anilines is 1. The van der Waals surface area contributed by atoms with E-state index < -0.39 is 0 Å². The van der Waals surface area contributed by atoms with E-state index in [2.05, 4.69) is 31.3 Å². The molecule has 59 valence electrons. The summed E-state index contributed by atoms with van der Waals surface area (Å²) < 4.78 is 0. The van der Waals surface area contributed by atoms with Crippen molar-refractivity contribution in [3.8, 4) is 0 Å². The van der Waals surface area contributed by atoms with E-state index in [4.69, 9.17) is 0 Å². The van der Waals surface area contributed by atoms with Crippen LogP contribution in [0.5, 0.6) is 0 Å². The Bertz CT molecular complexity index is 191. The van der Waals surface area contributed by atoms with Gasteiger partial charge in [0.05, 0.1) is 0 Å². The molecule has 1 radical (unpaired) electrons. The highest BCUT2D eigenvalue weighted by atomic mass is 14.9. The third-order valence-corrected chi connectivity index (χ3v) is 1.43. The molecule has 0 fully saturated rings. The van der Waals surface area contributed by atoms with Gasteiger partial charge in [0.1, 0.15) is 0 Å². The lowest BCUT2D eigenvalue weighted by molar-refractivity contribution is 0.766. The first-order valence-electron chi connectivity index (χ1n) is 3.91. The molecular formula is C10H14N. The summed E-state index contributed by atoms with van der Waals surface area (Å²) in [4.78, 5) is 0. The van der Waals surface area contributed by atoms with Gasteiger partial charge in [-0.3, -0.25) is 0 Å². The van der Waals surface area contributed by atoms with Crippen LogP contribution in [-0.2, 0) is 0 Å². The zero-order chi connectivity index (χ0) is 8.10. The highest BCUT2D eigenvalue weighted by Gasteiger charge is 1.92. The number of para-hydroxylation sites is 1. The molecule has 0 aliphatic carbocycles. The molecule has 0 aromatic heterocycles. The fraction of sp³-hybridized carbons (Fsp3) is 0.300. The van der Waals surface area contributed by atoms with Gasteiger partial charge < -0.3 is 5.32 Å². The normalized spacial score (nSPS) is 10.1. The van der Waals surface area contributed by atoms with Crippen molar-refractivity contribution in [2.45, 2.75) is 6.92 Å². The molecule has 0 saturated heterocycles. The van der Waals surface area contributed by atoms with E-state index in [-0.39, 0.29) is 0 Å². The van der Waals surface area contributed by atoms with Gasteiger partial charge in [-0.1, -0.05) is 25.1 Å². The quantitative estimate of drug-likeness (QED) is 0.694. The Kier molecular flexibility index (Phi) is 2.96. The second kappa shape index (κ2) is 4.02. The summed E-state index contributed by atoms with van der Waals surface area (Å²) in [7, 11) is 0. The smallest absolute Gasteiger partial charge is 0.0340 e. The summed E-state index contributed by atoms with van der Waals surface area (Å²) in [6.07, 6.45) is 0. The summed E-state index contributed by atoms with van der Waals surface area (Å²) in [5.74, 6) is 0.454. The van der Waals surface area contributed by atoms with Gasteiger partial charge in [-0.25, -0.2) is 0 Å². The van der Waals surface area contributed by atoms with Gasteiger partial charge in [-0.15, -0.1) is 0 Å². The second-order valence-corrected chi connectivity index (χ2v) is 2.85. The van der Waals surface area contributed by atoms with Crippen molar-refractivity contribution < 1.29 is 0 Å². The lowest BCUT2D eigenvalue weighted by atomic mass is 10.2. The Labute approximate surface area is 68.4 Å². The number of hydrogen-bond donors (Lipinski definition) is 1. The molecular weight excluding hydrogens is 134 g/mol. The summed E-state index contributed by atoms with van der Waals surface area (Å²) in [6, 6.07) is 10.2. The van der Waals surface area contributed by atoms with E-state index in [0.29, 0.717) is 5.92 Å². The van der Waals surface area contributed by atoms with Crippen LogP contribution in [0, 0.1) is 12.8 Å². The monoisotopic (exact) mass is 148 g/mol. The topological polar surface area (TPSA) is 12.0 Å². The van der Waals surface area contributed by atoms with E-state index in [1.54, 1.807) is 0 Å². The molecule has 0 spiro atoms. The maximum Gasteiger partial charge on any atom is 0.0340 e. The maximum absolute atomic E-state index is 3.89. The van der Waals surface area contributed by atoms with Crippen molar-refractivity contribution in [2.75, 3.05) is 11.9 Å². The van der Waals surface area contributed by atoms with Gasteiger partial charge in [-0.05, 0) is 25.0 Å². The van der Waals surface area contributed by atoms with Crippen LogP contribution >= 0.6 is 0 Å². The zero-order valence-electron chi connectivity index (χ0n) is 6.88. The number of hydrogen-bond acceptors (Lipinski definition) is 1. The Hall–Kier alpha value is -0.980. The second-order valence-electron chi connectivity index (χ2n) is 2.85. The Morgan fingerprint density at radius 2 is 2.00 bits per heavy atom. The van der Waals surface area contributed by atoms with Crippen molar-refractivity contribution in [3.05, 3.63) is 37.3 Å². The van der Waals surface area contributed by atoms with Gasteiger partial charge in [0.2, 0.25) is 0 Å². The minimum Gasteiger partial charge on any atom is -0.385 e. The molecule has 0 aliphatic heterocycles. The molecule has 0 heterocycles. The molecule has 11 heavy (non-hydrogen) atoms. The predicted octanol–water partition coefficient (Wildman–Crippen LogP) is 2.57. The molecule has 0 bridgehead atoms. The van der Waals surface area contributed by atoms with Crippen LogP contribution in [0.1, 0.15) is 6.92 Å². The third kappa shape index (κ3) is 3.08. The summed E-state index contributed by atoms with van der Waals surface area (Å²) in [5.41, 5.74) is 1.17. The molecule has 1 unspecified atom stereocenters. The van der Waals surface area contributed by atoms with Crippen LogP contribution in [-0.4, -0.2) is 6.54 Å². The minimum atomic E-state index is 0.454. The first-order valence-corrected chi connectivity index (χ1v) is 3.91. The van der Waals surface area contributed by atoms with Crippen LogP contribution in [0.2, 0.25) is 0 Å². The van der Waals surface area contributed by atoms with Gasteiger partial charge in [-0.2, -0.15) is 0 Å². The highest BCUT2D eigenvalue weighted by molar-refractivity contribution is 5.42. The highest BCUT2D eigenvalue weighted by Crippen LogP contribution is 2.05. The van der Waals surface area contributed by atoms with E-state index in [1.165, 1.54) is 5.69 Å². The van der Waals surface area contributed by atoms with Gasteiger partial charge in [0.15, 0.2) is 0 Å². The average Bonchev–Trinajstić information content (AvgIpc) is 2.03. The van der Waals surface area contributed by atoms with Crippen LogP contribution in [0.15, 0.2) is 30.3 Å². The van der Waals surface area contributed by atoms with Crippen molar-refractivity contribution in [2.24, 2.45) is 5.92 Å².